The van der Waals surface area contributed by atoms with E-state index in [9.17, 15) is 9.59 Å². The molecule has 6 nitrogen and oxygen atoms in total. The second kappa shape index (κ2) is 9.60. The van der Waals surface area contributed by atoms with E-state index in [1.54, 1.807) is 12.1 Å². The number of carbonyl (C=O) groups excluding carboxylic acids is 2. The number of hydrogen-bond acceptors (Lipinski definition) is 4. The van der Waals surface area contributed by atoms with E-state index in [0.717, 1.165) is 10.0 Å². The molecule has 2 aromatic carbocycles. The van der Waals surface area contributed by atoms with Gasteiger partial charge in [-0.25, -0.2) is 4.79 Å². The molecule has 1 aliphatic rings. The summed E-state index contributed by atoms with van der Waals surface area (Å²) in [5.74, 6) is 0.839. The topological polar surface area (TPSA) is 67.9 Å². The molecule has 1 fully saturated rings. The summed E-state index contributed by atoms with van der Waals surface area (Å²) < 4.78 is 12.4. The Labute approximate surface area is 178 Å². The van der Waals surface area contributed by atoms with E-state index >= 15 is 0 Å². The summed E-state index contributed by atoms with van der Waals surface area (Å²) in [4.78, 5) is 25.7. The smallest absolute Gasteiger partial charge is 0.329 e. The van der Waals surface area contributed by atoms with Crippen LogP contribution in [0, 0.1) is 0 Å². The number of carbonyl (C=O) groups is 2. The average molecular weight is 459 g/mol. The quantitative estimate of drug-likeness (QED) is 0.458. The van der Waals surface area contributed by atoms with Crippen molar-refractivity contribution in [3.8, 4) is 11.5 Å². The van der Waals surface area contributed by atoms with Gasteiger partial charge in [0.05, 0.1) is 6.61 Å². The third-order valence-electron chi connectivity index (χ3n) is 4.31. The van der Waals surface area contributed by atoms with Gasteiger partial charge < -0.3 is 14.8 Å². The predicted molar refractivity (Wildman–Crippen MR) is 115 cm³/mol. The van der Waals surface area contributed by atoms with Gasteiger partial charge in [0, 0.05) is 11.0 Å². The number of nitrogens with zero attached hydrogens (tertiary/aromatic N) is 1. The van der Waals surface area contributed by atoms with Gasteiger partial charge in [-0.2, -0.15) is 0 Å². The van der Waals surface area contributed by atoms with E-state index in [1.807, 2.05) is 50.2 Å². The van der Waals surface area contributed by atoms with Gasteiger partial charge in [0.2, 0.25) is 0 Å². The van der Waals surface area contributed by atoms with Crippen molar-refractivity contribution < 1.29 is 19.1 Å². The largest absolute Gasteiger partial charge is 0.490 e. The molecule has 1 N–H and O–H groups in total. The first-order valence-electron chi connectivity index (χ1n) is 9.51. The molecule has 1 heterocycles. The Morgan fingerprint density at radius 3 is 2.48 bits per heavy atom. The lowest BCUT2D eigenvalue weighted by molar-refractivity contribution is -0.122. The van der Waals surface area contributed by atoms with Crippen molar-refractivity contribution in [3.63, 3.8) is 0 Å². The van der Waals surface area contributed by atoms with Crippen LogP contribution < -0.4 is 14.8 Å². The molecular weight excluding hydrogens is 436 g/mol. The van der Waals surface area contributed by atoms with Crippen LogP contribution in [0.1, 0.15) is 31.4 Å². The summed E-state index contributed by atoms with van der Waals surface area (Å²) in [7, 11) is 0. The van der Waals surface area contributed by atoms with Gasteiger partial charge in [-0.05, 0) is 42.7 Å². The molecule has 1 aliphatic heterocycles. The highest BCUT2D eigenvalue weighted by molar-refractivity contribution is 9.10. The number of rotatable bonds is 8. The van der Waals surface area contributed by atoms with E-state index in [2.05, 4.69) is 21.2 Å². The lowest BCUT2D eigenvalue weighted by Gasteiger charge is -2.14. The van der Waals surface area contributed by atoms with Crippen molar-refractivity contribution in [1.29, 1.82) is 0 Å². The highest BCUT2D eigenvalue weighted by atomic mass is 79.9. The minimum Gasteiger partial charge on any atom is -0.490 e. The third kappa shape index (κ3) is 4.98. The Kier molecular flexibility index (Phi) is 6.93. The fourth-order valence-corrected chi connectivity index (χ4v) is 3.37. The zero-order valence-electron chi connectivity index (χ0n) is 16.4. The van der Waals surface area contributed by atoms with Gasteiger partial charge in [0.25, 0.3) is 5.91 Å². The zero-order chi connectivity index (χ0) is 20.8. The van der Waals surface area contributed by atoms with Crippen LogP contribution in [0.3, 0.4) is 0 Å². The van der Waals surface area contributed by atoms with E-state index in [1.165, 1.54) is 4.90 Å². The molecule has 2 aromatic rings. The zero-order valence-corrected chi connectivity index (χ0v) is 18.0. The Morgan fingerprint density at radius 1 is 1.07 bits per heavy atom. The maximum atomic E-state index is 12.5. The van der Waals surface area contributed by atoms with Gasteiger partial charge in [0.15, 0.2) is 11.5 Å². The highest BCUT2D eigenvalue weighted by Crippen LogP contribution is 2.35. The van der Waals surface area contributed by atoms with Crippen LogP contribution in [-0.4, -0.2) is 30.0 Å². The summed E-state index contributed by atoms with van der Waals surface area (Å²) >= 11 is 3.53. The van der Waals surface area contributed by atoms with Gasteiger partial charge in [-0.15, -0.1) is 0 Å². The van der Waals surface area contributed by atoms with Crippen molar-refractivity contribution in [1.82, 2.24) is 10.2 Å². The van der Waals surface area contributed by atoms with Crippen molar-refractivity contribution in [2.75, 3.05) is 13.2 Å². The minimum absolute atomic E-state index is 0.240. The monoisotopic (exact) mass is 458 g/mol. The molecule has 0 unspecified atom stereocenters. The van der Waals surface area contributed by atoms with Crippen molar-refractivity contribution in [2.24, 2.45) is 0 Å². The molecule has 7 heteroatoms. The van der Waals surface area contributed by atoms with Crippen LogP contribution in [0.5, 0.6) is 11.5 Å². The van der Waals surface area contributed by atoms with Crippen LogP contribution in [0.25, 0.3) is 6.08 Å². The molecule has 0 aliphatic carbocycles. The Balaban J connectivity index is 1.86. The fraction of sp³-hybridized carbons (Fsp3) is 0.273. The fourth-order valence-electron chi connectivity index (χ4n) is 2.93. The lowest BCUT2D eigenvalue weighted by Crippen LogP contribution is -2.31. The van der Waals surface area contributed by atoms with Crippen LogP contribution >= 0.6 is 15.9 Å². The first kappa shape index (κ1) is 20.9. The Bertz CT molecular complexity index is 928. The molecule has 29 heavy (non-hydrogen) atoms. The van der Waals surface area contributed by atoms with Gasteiger partial charge in [0.1, 0.15) is 12.3 Å². The van der Waals surface area contributed by atoms with Crippen molar-refractivity contribution >= 4 is 33.9 Å². The van der Waals surface area contributed by atoms with E-state index in [0.29, 0.717) is 43.2 Å². The Hall–Kier alpha value is -2.80. The molecular formula is C22H23BrN2O4. The number of hydrogen-bond donors (Lipinski definition) is 1. The van der Waals surface area contributed by atoms with Crippen LogP contribution in [0.15, 0.2) is 52.6 Å². The molecule has 0 aromatic heterocycles. The molecule has 0 spiro atoms. The molecule has 152 valence electrons. The molecule has 1 saturated heterocycles. The maximum Gasteiger partial charge on any atom is 0.329 e. The molecule has 0 radical (unpaired) electrons. The van der Waals surface area contributed by atoms with Gasteiger partial charge >= 0.3 is 6.03 Å². The first-order valence-corrected chi connectivity index (χ1v) is 10.3. The van der Waals surface area contributed by atoms with Crippen LogP contribution in [-0.2, 0) is 11.4 Å². The summed E-state index contributed by atoms with van der Waals surface area (Å²) in [5.41, 5.74) is 2.00. The normalized spacial score (nSPS) is 15.0. The molecule has 3 rings (SSSR count). The van der Waals surface area contributed by atoms with Gasteiger partial charge in [-0.3, -0.25) is 9.69 Å². The second-order valence-electron chi connectivity index (χ2n) is 6.47. The molecule has 3 amide bonds. The van der Waals surface area contributed by atoms with Crippen LogP contribution in [0.2, 0.25) is 0 Å². The minimum atomic E-state index is -0.396. The lowest BCUT2D eigenvalue weighted by atomic mass is 10.1. The molecule has 0 saturated carbocycles. The number of ether oxygens (including phenoxy) is 2. The summed E-state index contributed by atoms with van der Waals surface area (Å²) in [6, 6.07) is 13.1. The van der Waals surface area contributed by atoms with Crippen molar-refractivity contribution in [2.45, 2.75) is 26.9 Å². The number of imide groups is 1. The van der Waals surface area contributed by atoms with E-state index < -0.39 is 6.03 Å². The number of halogens is 1. The second-order valence-corrected chi connectivity index (χ2v) is 7.33. The molecule has 0 atom stereocenters. The SMILES string of the molecule is CCCN1C(=O)N/C(=C/c2cc(OCC)c(OCc3ccccc3)cc2Br)C1=O. The maximum absolute atomic E-state index is 12.5. The first-order chi connectivity index (χ1) is 14.0. The summed E-state index contributed by atoms with van der Waals surface area (Å²) in [5, 5.41) is 2.63. The summed E-state index contributed by atoms with van der Waals surface area (Å²) in [6.45, 7) is 5.08. The third-order valence-corrected chi connectivity index (χ3v) is 5.00. The summed E-state index contributed by atoms with van der Waals surface area (Å²) in [6.07, 6.45) is 2.35. The highest BCUT2D eigenvalue weighted by Gasteiger charge is 2.32. The van der Waals surface area contributed by atoms with E-state index in [4.69, 9.17) is 9.47 Å². The predicted octanol–water partition coefficient (Wildman–Crippen LogP) is 4.73. The number of urea groups is 1. The molecule has 0 bridgehead atoms. The standard InChI is InChI=1S/C22H23BrN2O4/c1-3-10-25-21(26)18(24-22(25)27)11-16-12-19(28-4-2)20(13-17(16)23)29-14-15-8-6-5-7-9-15/h5-9,11-13H,3-4,10,14H2,1-2H3,(H,24,27)/b18-11+. The number of amides is 3. The average Bonchev–Trinajstić information content (AvgIpc) is 2.98. The number of benzene rings is 2. The van der Waals surface area contributed by atoms with Gasteiger partial charge in [-0.1, -0.05) is 53.2 Å². The van der Waals surface area contributed by atoms with Crippen molar-refractivity contribution in [3.05, 3.63) is 63.8 Å². The number of nitrogens with one attached hydrogen (secondary N) is 1. The van der Waals surface area contributed by atoms with E-state index in [-0.39, 0.29) is 11.6 Å². The Morgan fingerprint density at radius 2 is 1.79 bits per heavy atom. The van der Waals surface area contributed by atoms with Crippen LogP contribution in [0.4, 0.5) is 4.79 Å².